The molecular weight excluding hydrogens is 294 g/mol. The zero-order chi connectivity index (χ0) is 16.1. The maximum Gasteiger partial charge on any atom is 0.223 e. The summed E-state index contributed by atoms with van der Waals surface area (Å²) in [5.41, 5.74) is 5.57. The van der Waals surface area contributed by atoms with E-state index in [0.29, 0.717) is 26.2 Å². The molecule has 22 heavy (non-hydrogen) atoms. The molecule has 1 aliphatic heterocycles. The highest BCUT2D eigenvalue weighted by molar-refractivity contribution is 5.97. The summed E-state index contributed by atoms with van der Waals surface area (Å²) in [6, 6.07) is 2.96. The molecule has 5 nitrogen and oxygen atoms in total. The van der Waals surface area contributed by atoms with Gasteiger partial charge in [0.15, 0.2) is 17.4 Å². The Bertz CT molecular complexity index is 566. The largest absolute Gasteiger partial charge is 0.373 e. The number of benzene rings is 1. The van der Waals surface area contributed by atoms with Gasteiger partial charge in [-0.15, -0.1) is 0 Å². The summed E-state index contributed by atoms with van der Waals surface area (Å²) in [6.07, 6.45) is -0.205. The molecule has 1 atom stereocenters. The molecule has 0 spiro atoms. The average Bonchev–Trinajstić information content (AvgIpc) is 2.54. The number of hydrogen-bond acceptors (Lipinski definition) is 4. The van der Waals surface area contributed by atoms with E-state index in [9.17, 15) is 18.4 Å². The first-order valence-corrected chi connectivity index (χ1v) is 7.09. The molecular formula is C15H18F2N2O3. The number of rotatable bonds is 5. The Morgan fingerprint density at radius 2 is 2.05 bits per heavy atom. The van der Waals surface area contributed by atoms with Crippen LogP contribution < -0.4 is 5.73 Å². The highest BCUT2D eigenvalue weighted by Gasteiger charge is 2.23. The predicted octanol–water partition coefficient (Wildman–Crippen LogP) is 1.11. The molecule has 2 N–H and O–H groups in total. The Morgan fingerprint density at radius 3 is 2.73 bits per heavy atom. The van der Waals surface area contributed by atoms with Crippen LogP contribution >= 0.6 is 0 Å². The Kier molecular flexibility index (Phi) is 5.57. The summed E-state index contributed by atoms with van der Waals surface area (Å²) >= 11 is 0. The predicted molar refractivity (Wildman–Crippen MR) is 75.3 cm³/mol. The van der Waals surface area contributed by atoms with E-state index in [2.05, 4.69) is 0 Å². The van der Waals surface area contributed by atoms with Crippen molar-refractivity contribution in [3.05, 3.63) is 35.4 Å². The summed E-state index contributed by atoms with van der Waals surface area (Å²) in [6.45, 7) is 1.63. The van der Waals surface area contributed by atoms with Crippen molar-refractivity contribution in [3.8, 4) is 0 Å². The number of carbonyl (C=O) groups is 2. The Balaban J connectivity index is 1.87. The van der Waals surface area contributed by atoms with Gasteiger partial charge in [0.1, 0.15) is 0 Å². The van der Waals surface area contributed by atoms with Crippen LogP contribution in [0.1, 0.15) is 23.2 Å². The summed E-state index contributed by atoms with van der Waals surface area (Å²) < 4.78 is 31.3. The van der Waals surface area contributed by atoms with E-state index < -0.39 is 17.4 Å². The molecule has 0 radical (unpaired) electrons. The number of morpholine rings is 1. The van der Waals surface area contributed by atoms with Gasteiger partial charge in [-0.3, -0.25) is 9.59 Å². The highest BCUT2D eigenvalue weighted by Crippen LogP contribution is 2.13. The van der Waals surface area contributed by atoms with Crippen molar-refractivity contribution >= 4 is 11.7 Å². The van der Waals surface area contributed by atoms with Crippen molar-refractivity contribution in [2.45, 2.75) is 18.9 Å². The first-order chi connectivity index (χ1) is 10.5. The second-order valence-corrected chi connectivity index (χ2v) is 5.12. The molecule has 0 bridgehead atoms. The lowest BCUT2D eigenvalue weighted by Crippen LogP contribution is -2.48. The van der Waals surface area contributed by atoms with Crippen LogP contribution in [0.3, 0.4) is 0 Å². The van der Waals surface area contributed by atoms with Gasteiger partial charge in [0, 0.05) is 38.0 Å². The van der Waals surface area contributed by atoms with Crippen LogP contribution in [0.5, 0.6) is 0 Å². The van der Waals surface area contributed by atoms with Crippen molar-refractivity contribution in [1.82, 2.24) is 4.90 Å². The van der Waals surface area contributed by atoms with Gasteiger partial charge in [0.05, 0.1) is 12.7 Å². The molecule has 1 aromatic carbocycles. The van der Waals surface area contributed by atoms with Gasteiger partial charge in [-0.1, -0.05) is 0 Å². The van der Waals surface area contributed by atoms with E-state index in [-0.39, 0.29) is 30.4 Å². The van der Waals surface area contributed by atoms with Gasteiger partial charge in [-0.25, -0.2) is 8.78 Å². The number of ether oxygens (including phenoxy) is 1. The van der Waals surface area contributed by atoms with Crippen LogP contribution in [0.15, 0.2) is 18.2 Å². The lowest BCUT2D eigenvalue weighted by molar-refractivity contribution is -0.138. The molecule has 120 valence electrons. The number of carbonyl (C=O) groups excluding carboxylic acids is 2. The minimum atomic E-state index is -1.07. The number of Topliss-reactive ketones (excluding diaryl/α,β-unsaturated/α-hetero) is 1. The molecule has 0 aromatic heterocycles. The number of hydrogen-bond donors (Lipinski definition) is 1. The molecule has 0 aliphatic carbocycles. The minimum Gasteiger partial charge on any atom is -0.373 e. The van der Waals surface area contributed by atoms with E-state index in [1.54, 1.807) is 4.90 Å². The lowest BCUT2D eigenvalue weighted by Gasteiger charge is -2.32. The Labute approximate surface area is 127 Å². The van der Waals surface area contributed by atoms with Crippen molar-refractivity contribution in [1.29, 1.82) is 0 Å². The SMILES string of the molecule is NCC1CN(C(=O)CCC(=O)c2ccc(F)c(F)c2)CCO1. The van der Waals surface area contributed by atoms with Gasteiger partial charge in [0.2, 0.25) is 5.91 Å². The highest BCUT2D eigenvalue weighted by atomic mass is 19.2. The van der Waals surface area contributed by atoms with Crippen LogP contribution in [-0.2, 0) is 9.53 Å². The number of ketones is 1. The lowest BCUT2D eigenvalue weighted by atomic mass is 10.1. The molecule has 0 saturated carbocycles. The normalized spacial score (nSPS) is 18.3. The van der Waals surface area contributed by atoms with Crippen LogP contribution in [0.4, 0.5) is 8.78 Å². The smallest absolute Gasteiger partial charge is 0.223 e. The second-order valence-electron chi connectivity index (χ2n) is 5.12. The second kappa shape index (κ2) is 7.42. The number of amides is 1. The van der Waals surface area contributed by atoms with Crippen LogP contribution in [0.25, 0.3) is 0 Å². The van der Waals surface area contributed by atoms with E-state index in [1.165, 1.54) is 6.07 Å². The van der Waals surface area contributed by atoms with Crippen molar-refractivity contribution < 1.29 is 23.1 Å². The van der Waals surface area contributed by atoms with E-state index >= 15 is 0 Å². The number of nitrogens with two attached hydrogens (primary N) is 1. The third-order valence-corrected chi connectivity index (χ3v) is 3.56. The molecule has 2 rings (SSSR count). The quantitative estimate of drug-likeness (QED) is 0.827. The Hall–Kier alpha value is -1.86. The molecule has 1 aliphatic rings. The molecule has 7 heteroatoms. The minimum absolute atomic E-state index is 0.0229. The van der Waals surface area contributed by atoms with E-state index in [1.807, 2.05) is 0 Å². The fraction of sp³-hybridized carbons (Fsp3) is 0.467. The van der Waals surface area contributed by atoms with Crippen LogP contribution in [0.2, 0.25) is 0 Å². The van der Waals surface area contributed by atoms with Gasteiger partial charge in [0.25, 0.3) is 0 Å². The fourth-order valence-electron chi connectivity index (χ4n) is 2.28. The zero-order valence-corrected chi connectivity index (χ0v) is 12.1. The maximum atomic E-state index is 13.1. The van der Waals surface area contributed by atoms with Crippen LogP contribution in [-0.4, -0.2) is 48.9 Å². The third-order valence-electron chi connectivity index (χ3n) is 3.56. The van der Waals surface area contributed by atoms with Crippen LogP contribution in [0, 0.1) is 11.6 Å². The molecule has 1 heterocycles. The van der Waals surface area contributed by atoms with Crippen molar-refractivity contribution in [3.63, 3.8) is 0 Å². The summed E-state index contributed by atoms with van der Waals surface area (Å²) in [5.74, 6) is -2.64. The molecule has 1 aromatic rings. The number of halogens is 2. The monoisotopic (exact) mass is 312 g/mol. The zero-order valence-electron chi connectivity index (χ0n) is 12.1. The summed E-state index contributed by atoms with van der Waals surface area (Å²) in [7, 11) is 0. The van der Waals surface area contributed by atoms with Gasteiger partial charge < -0.3 is 15.4 Å². The summed E-state index contributed by atoms with van der Waals surface area (Å²) in [5, 5.41) is 0. The topological polar surface area (TPSA) is 72.6 Å². The third kappa shape index (κ3) is 4.08. The van der Waals surface area contributed by atoms with Gasteiger partial charge in [-0.05, 0) is 18.2 Å². The first kappa shape index (κ1) is 16.5. The van der Waals surface area contributed by atoms with Gasteiger partial charge >= 0.3 is 0 Å². The van der Waals surface area contributed by atoms with Crippen molar-refractivity contribution in [2.75, 3.05) is 26.2 Å². The first-order valence-electron chi connectivity index (χ1n) is 7.09. The maximum absolute atomic E-state index is 13.1. The molecule has 1 unspecified atom stereocenters. The van der Waals surface area contributed by atoms with Gasteiger partial charge in [-0.2, -0.15) is 0 Å². The average molecular weight is 312 g/mol. The molecule has 1 fully saturated rings. The number of nitrogens with zero attached hydrogens (tertiary/aromatic N) is 1. The summed E-state index contributed by atoms with van der Waals surface area (Å²) in [4.78, 5) is 25.6. The van der Waals surface area contributed by atoms with E-state index in [0.717, 1.165) is 12.1 Å². The Morgan fingerprint density at radius 1 is 1.27 bits per heavy atom. The molecule has 1 saturated heterocycles. The van der Waals surface area contributed by atoms with E-state index in [4.69, 9.17) is 10.5 Å². The standard InChI is InChI=1S/C15H18F2N2O3/c16-12-2-1-10(7-13(12)17)14(20)3-4-15(21)19-5-6-22-11(8-18)9-19/h1-2,7,11H,3-6,8-9,18H2. The molecule has 1 amide bonds. The van der Waals surface area contributed by atoms with Crippen molar-refractivity contribution in [2.24, 2.45) is 5.73 Å². The fourth-order valence-corrected chi connectivity index (χ4v) is 2.28.